The summed E-state index contributed by atoms with van der Waals surface area (Å²) in [6, 6.07) is 8.06. The molecular formula is C19H32N2O2S. The van der Waals surface area contributed by atoms with Gasteiger partial charge < -0.3 is 9.45 Å². The fourth-order valence-corrected chi connectivity index (χ4v) is 3.46. The molecule has 1 rings (SSSR count). The van der Waals surface area contributed by atoms with Crippen molar-refractivity contribution in [3.8, 4) is 0 Å². The second-order valence-corrected chi connectivity index (χ2v) is 7.77. The molecule has 1 aromatic carbocycles. The highest BCUT2D eigenvalue weighted by Crippen LogP contribution is 2.10. The van der Waals surface area contributed by atoms with E-state index in [9.17, 15) is 9.35 Å². The molecule has 4 nitrogen and oxygen atoms in total. The van der Waals surface area contributed by atoms with E-state index in [0.29, 0.717) is 12.2 Å². The van der Waals surface area contributed by atoms with Crippen LogP contribution in [0.3, 0.4) is 0 Å². The molecule has 0 heterocycles. The van der Waals surface area contributed by atoms with Crippen molar-refractivity contribution in [1.29, 1.82) is 0 Å². The Kier molecular flexibility index (Phi) is 10.8. The van der Waals surface area contributed by atoms with Gasteiger partial charge in [0.2, 0.25) is 0 Å². The molecule has 0 aromatic heterocycles. The van der Waals surface area contributed by atoms with Crippen molar-refractivity contribution in [2.75, 3.05) is 14.1 Å². The second-order valence-electron chi connectivity index (χ2n) is 6.59. The van der Waals surface area contributed by atoms with Gasteiger partial charge in [0, 0.05) is 18.5 Å². The molecule has 0 radical (unpaired) electrons. The largest absolute Gasteiger partial charge is 0.593 e. The first-order valence-corrected chi connectivity index (χ1v) is 10.2. The average Bonchev–Trinajstić information content (AvgIpc) is 2.52. The van der Waals surface area contributed by atoms with E-state index in [2.05, 4.69) is 16.5 Å². The minimum absolute atomic E-state index is 0.104. The van der Waals surface area contributed by atoms with Crippen molar-refractivity contribution in [2.24, 2.45) is 0 Å². The average molecular weight is 353 g/mol. The minimum atomic E-state index is -1.34. The molecule has 1 atom stereocenters. The molecule has 1 unspecified atom stereocenters. The van der Waals surface area contributed by atoms with Crippen molar-refractivity contribution < 1.29 is 9.35 Å². The maximum Gasteiger partial charge on any atom is 0.261 e. The van der Waals surface area contributed by atoms with E-state index in [1.165, 1.54) is 31.2 Å². The molecule has 5 heteroatoms. The molecule has 0 saturated heterocycles. The summed E-state index contributed by atoms with van der Waals surface area (Å²) in [6.07, 6.45) is 7.36. The first kappa shape index (κ1) is 21.0. The lowest BCUT2D eigenvalue weighted by molar-refractivity contribution is -0.119. The number of unbranched alkanes of at least 4 members (excludes halogenated alkanes) is 5. The number of benzene rings is 1. The van der Waals surface area contributed by atoms with Gasteiger partial charge in [0.25, 0.3) is 5.91 Å². The summed E-state index contributed by atoms with van der Waals surface area (Å²) >= 11 is -1.34. The van der Waals surface area contributed by atoms with Crippen LogP contribution in [0, 0.1) is 0 Å². The Balaban J connectivity index is 2.22. The summed E-state index contributed by atoms with van der Waals surface area (Å²) < 4.78 is 14.6. The van der Waals surface area contributed by atoms with Gasteiger partial charge in [0.15, 0.2) is 5.75 Å². The lowest BCUT2D eigenvalue weighted by atomic mass is 10.1. The monoisotopic (exact) mass is 352 g/mol. The van der Waals surface area contributed by atoms with Crippen LogP contribution in [0.5, 0.6) is 0 Å². The van der Waals surface area contributed by atoms with Crippen LogP contribution >= 0.6 is 0 Å². The maximum absolute atomic E-state index is 12.0. The maximum atomic E-state index is 12.0. The van der Waals surface area contributed by atoms with E-state index < -0.39 is 11.4 Å². The Morgan fingerprint density at radius 2 is 1.62 bits per heavy atom. The van der Waals surface area contributed by atoms with Gasteiger partial charge in [0.05, 0.1) is 11.4 Å². The third kappa shape index (κ3) is 9.96. The molecule has 24 heavy (non-hydrogen) atoms. The standard InChI is InChI=1S/C19H32N2O2S/c1-4-5-6-7-8-9-10-19(22)20-24(23)16-18-13-11-17(12-14-18)15-21(2)3/h11-14H,4-10,15-16H2,1-3H3,(H,20,22). The number of carbonyl (C=O) groups is 1. The lowest BCUT2D eigenvalue weighted by Gasteiger charge is -2.12. The molecule has 0 aliphatic rings. The molecule has 1 N–H and O–H groups in total. The Labute approximate surface area is 150 Å². The van der Waals surface area contributed by atoms with Crippen LogP contribution in [0.4, 0.5) is 0 Å². The van der Waals surface area contributed by atoms with E-state index in [4.69, 9.17) is 0 Å². The van der Waals surface area contributed by atoms with Crippen molar-refractivity contribution in [1.82, 2.24) is 9.62 Å². The second kappa shape index (κ2) is 12.3. The van der Waals surface area contributed by atoms with Crippen molar-refractivity contribution in [3.63, 3.8) is 0 Å². The van der Waals surface area contributed by atoms with Gasteiger partial charge >= 0.3 is 0 Å². The Morgan fingerprint density at radius 1 is 1.04 bits per heavy atom. The van der Waals surface area contributed by atoms with Gasteiger partial charge in [-0.3, -0.25) is 4.79 Å². The van der Waals surface area contributed by atoms with E-state index in [-0.39, 0.29) is 5.91 Å². The number of nitrogens with one attached hydrogen (secondary N) is 1. The third-order valence-electron chi connectivity index (χ3n) is 3.80. The van der Waals surface area contributed by atoms with Gasteiger partial charge in [-0.2, -0.15) is 4.72 Å². The van der Waals surface area contributed by atoms with Gasteiger partial charge in [-0.05, 0) is 26.1 Å². The number of hydrogen-bond donors (Lipinski definition) is 1. The molecule has 1 aromatic rings. The SMILES string of the molecule is CCCCCCCCC(=O)N[S+]([O-])Cc1ccc(CN(C)C)cc1. The quantitative estimate of drug-likeness (QED) is 0.460. The van der Waals surface area contributed by atoms with E-state index in [0.717, 1.165) is 24.9 Å². The molecule has 0 fully saturated rings. The van der Waals surface area contributed by atoms with E-state index >= 15 is 0 Å². The first-order valence-electron chi connectivity index (χ1n) is 8.91. The molecule has 0 saturated carbocycles. The number of amides is 1. The molecule has 0 spiro atoms. The van der Waals surface area contributed by atoms with E-state index in [1.807, 2.05) is 38.4 Å². The van der Waals surface area contributed by atoms with Gasteiger partial charge in [0.1, 0.15) is 0 Å². The summed E-state index contributed by atoms with van der Waals surface area (Å²) in [5, 5.41) is 0. The molecular weight excluding hydrogens is 320 g/mol. The van der Waals surface area contributed by atoms with Gasteiger partial charge in [-0.25, -0.2) is 0 Å². The summed E-state index contributed by atoms with van der Waals surface area (Å²) in [4.78, 5) is 13.9. The normalized spacial score (nSPS) is 12.4. The molecule has 0 aliphatic carbocycles. The van der Waals surface area contributed by atoms with Crippen LogP contribution in [-0.2, 0) is 28.5 Å². The zero-order valence-corrected chi connectivity index (χ0v) is 16.2. The first-order chi connectivity index (χ1) is 11.5. The van der Waals surface area contributed by atoms with Crippen LogP contribution in [0.2, 0.25) is 0 Å². The van der Waals surface area contributed by atoms with Crippen LogP contribution in [0.1, 0.15) is 63.0 Å². The zero-order chi connectivity index (χ0) is 17.8. The summed E-state index contributed by atoms with van der Waals surface area (Å²) in [5.74, 6) is 0.262. The van der Waals surface area contributed by atoms with Gasteiger partial charge in [-0.1, -0.05) is 63.3 Å². The molecule has 1 amide bonds. The lowest BCUT2D eigenvalue weighted by Crippen LogP contribution is -2.31. The Hall–Kier alpha value is -1.04. The van der Waals surface area contributed by atoms with Crippen molar-refractivity contribution in [3.05, 3.63) is 35.4 Å². The smallest absolute Gasteiger partial charge is 0.261 e. The van der Waals surface area contributed by atoms with Crippen LogP contribution < -0.4 is 4.72 Å². The summed E-state index contributed by atoms with van der Waals surface area (Å²) in [6.45, 7) is 3.08. The van der Waals surface area contributed by atoms with Crippen LogP contribution in [-0.4, -0.2) is 29.5 Å². The summed E-state index contributed by atoms with van der Waals surface area (Å²) in [5.41, 5.74) is 2.21. The number of nitrogens with zero attached hydrogens (tertiary/aromatic N) is 1. The van der Waals surface area contributed by atoms with Crippen molar-refractivity contribution >= 4 is 17.3 Å². The Morgan fingerprint density at radius 3 is 2.25 bits per heavy atom. The minimum Gasteiger partial charge on any atom is -0.593 e. The Bertz CT molecular complexity index is 463. The number of carbonyl (C=O) groups excluding carboxylic acids is 1. The molecule has 0 aliphatic heterocycles. The highest BCUT2D eigenvalue weighted by molar-refractivity contribution is 7.89. The van der Waals surface area contributed by atoms with Crippen molar-refractivity contribution in [2.45, 2.75) is 64.2 Å². The number of hydrogen-bond acceptors (Lipinski definition) is 3. The summed E-state index contributed by atoms with van der Waals surface area (Å²) in [7, 11) is 4.06. The third-order valence-corrected chi connectivity index (χ3v) is 4.86. The predicted molar refractivity (Wildman–Crippen MR) is 102 cm³/mol. The fourth-order valence-electron chi connectivity index (χ4n) is 2.54. The number of rotatable bonds is 12. The highest BCUT2D eigenvalue weighted by Gasteiger charge is 2.12. The fraction of sp³-hybridized carbons (Fsp3) is 0.632. The molecule has 0 bridgehead atoms. The molecule has 136 valence electrons. The van der Waals surface area contributed by atoms with Gasteiger partial charge in [-0.15, -0.1) is 0 Å². The van der Waals surface area contributed by atoms with E-state index in [1.54, 1.807) is 0 Å². The predicted octanol–water partition coefficient (Wildman–Crippen LogP) is 3.78. The van der Waals surface area contributed by atoms with Crippen LogP contribution in [0.15, 0.2) is 24.3 Å². The zero-order valence-electron chi connectivity index (χ0n) is 15.3. The highest BCUT2D eigenvalue weighted by atomic mass is 32.2. The topological polar surface area (TPSA) is 55.4 Å². The van der Waals surface area contributed by atoms with Crippen LogP contribution in [0.25, 0.3) is 0 Å².